The highest BCUT2D eigenvalue weighted by molar-refractivity contribution is 6.03. The van der Waals surface area contributed by atoms with E-state index in [4.69, 9.17) is 0 Å². The molecule has 4 aromatic rings. The van der Waals surface area contributed by atoms with Crippen molar-refractivity contribution in [3.63, 3.8) is 0 Å². The Hall–Kier alpha value is -4.26. The third kappa shape index (κ3) is 5.07. The van der Waals surface area contributed by atoms with E-state index in [-0.39, 0.29) is 24.8 Å². The number of benzene rings is 3. The number of hydrogen-bond acceptors (Lipinski definition) is 4. The Morgan fingerprint density at radius 1 is 0.875 bits per heavy atom. The molecule has 7 heteroatoms. The van der Waals surface area contributed by atoms with Crippen LogP contribution in [0.5, 0.6) is 0 Å². The number of aromatic nitrogens is 2. The number of Topliss-reactive ketones (excluding diaryl/α,β-unsaturated/α-hetero) is 1. The van der Waals surface area contributed by atoms with Crippen LogP contribution in [-0.2, 0) is 11.3 Å². The zero-order valence-corrected chi connectivity index (χ0v) is 17.3. The zero-order chi connectivity index (χ0) is 22.3. The van der Waals surface area contributed by atoms with Crippen molar-refractivity contribution in [1.29, 1.82) is 0 Å². The summed E-state index contributed by atoms with van der Waals surface area (Å²) in [5.41, 5.74) is 0.963. The summed E-state index contributed by atoms with van der Waals surface area (Å²) in [4.78, 5) is 42.0. The minimum atomic E-state index is -0.795. The van der Waals surface area contributed by atoms with E-state index in [9.17, 15) is 14.4 Å². The van der Waals surface area contributed by atoms with Crippen molar-refractivity contribution in [1.82, 2.24) is 20.2 Å². The van der Waals surface area contributed by atoms with Crippen LogP contribution in [0.3, 0.4) is 0 Å². The van der Waals surface area contributed by atoms with Crippen LogP contribution in [-0.4, -0.2) is 39.7 Å². The third-order valence-corrected chi connectivity index (χ3v) is 5.08. The van der Waals surface area contributed by atoms with Crippen LogP contribution in [0.4, 0.5) is 0 Å². The maximum Gasteiger partial charge on any atom is 0.251 e. The second-order valence-electron chi connectivity index (χ2n) is 7.35. The molecule has 7 nitrogen and oxygen atoms in total. The number of rotatable bonds is 8. The minimum absolute atomic E-state index is 0.214. The van der Waals surface area contributed by atoms with Crippen molar-refractivity contribution in [2.24, 2.45) is 0 Å². The standard InChI is InChI=1S/C25H22N4O3/c30-23(15-27-25(32)21-11-10-18-6-4-5-9-20(18)14-21)28-22(16-29-13-12-26-17-29)24(31)19-7-2-1-3-8-19/h1-14,17,22H,15-16H2,(H,27,32)(H,28,30). The average Bonchev–Trinajstić information content (AvgIpc) is 3.35. The van der Waals surface area contributed by atoms with Gasteiger partial charge in [0.1, 0.15) is 6.04 Å². The molecule has 4 rings (SSSR count). The first-order chi connectivity index (χ1) is 15.6. The Kier molecular flexibility index (Phi) is 6.36. The van der Waals surface area contributed by atoms with Crippen LogP contribution in [0.1, 0.15) is 20.7 Å². The lowest BCUT2D eigenvalue weighted by atomic mass is 10.0. The molecule has 0 saturated carbocycles. The number of nitrogens with zero attached hydrogens (tertiary/aromatic N) is 2. The fraction of sp³-hybridized carbons (Fsp3) is 0.120. The number of nitrogens with one attached hydrogen (secondary N) is 2. The average molecular weight is 426 g/mol. The van der Waals surface area contributed by atoms with Gasteiger partial charge in [0.05, 0.1) is 19.4 Å². The summed E-state index contributed by atoms with van der Waals surface area (Å²) in [6.45, 7) is -0.00769. The lowest BCUT2D eigenvalue weighted by Crippen LogP contribution is -2.47. The number of imidazole rings is 1. The number of carbonyl (C=O) groups excluding carboxylic acids is 3. The molecule has 0 fully saturated rings. The van der Waals surface area contributed by atoms with Gasteiger partial charge in [-0.25, -0.2) is 4.98 Å². The maximum absolute atomic E-state index is 13.0. The predicted octanol–water partition coefficient (Wildman–Crippen LogP) is 2.83. The van der Waals surface area contributed by atoms with Crippen molar-refractivity contribution in [2.45, 2.75) is 12.6 Å². The first kappa shape index (κ1) is 21.0. The molecule has 2 amide bonds. The molecule has 1 atom stereocenters. The van der Waals surface area contributed by atoms with Gasteiger partial charge in [0, 0.05) is 23.5 Å². The summed E-state index contributed by atoms with van der Waals surface area (Å²) >= 11 is 0. The molecule has 1 unspecified atom stereocenters. The van der Waals surface area contributed by atoms with Gasteiger partial charge in [-0.3, -0.25) is 14.4 Å². The molecule has 0 saturated heterocycles. The Balaban J connectivity index is 1.41. The second kappa shape index (κ2) is 9.70. The number of carbonyl (C=O) groups is 3. The fourth-order valence-corrected chi connectivity index (χ4v) is 3.44. The van der Waals surface area contributed by atoms with Crippen molar-refractivity contribution in [3.05, 3.63) is 103 Å². The molecule has 0 aliphatic heterocycles. The van der Waals surface area contributed by atoms with Gasteiger partial charge in [-0.15, -0.1) is 0 Å². The van der Waals surface area contributed by atoms with Gasteiger partial charge in [-0.2, -0.15) is 0 Å². The molecule has 3 aromatic carbocycles. The summed E-state index contributed by atoms with van der Waals surface area (Å²) in [7, 11) is 0. The minimum Gasteiger partial charge on any atom is -0.343 e. The fourth-order valence-electron chi connectivity index (χ4n) is 3.44. The Morgan fingerprint density at radius 3 is 2.38 bits per heavy atom. The van der Waals surface area contributed by atoms with Crippen LogP contribution >= 0.6 is 0 Å². The van der Waals surface area contributed by atoms with Gasteiger partial charge in [-0.05, 0) is 22.9 Å². The molecule has 1 heterocycles. The van der Waals surface area contributed by atoms with Crippen molar-refractivity contribution in [2.75, 3.05) is 6.54 Å². The molecule has 0 aliphatic carbocycles. The summed E-state index contributed by atoms with van der Waals surface area (Å²) in [6, 6.07) is 21.1. The van der Waals surface area contributed by atoms with Crippen LogP contribution in [0.25, 0.3) is 10.8 Å². The number of ketones is 1. The van der Waals surface area contributed by atoms with E-state index in [1.54, 1.807) is 59.7 Å². The highest BCUT2D eigenvalue weighted by Gasteiger charge is 2.23. The molecule has 2 N–H and O–H groups in total. The zero-order valence-electron chi connectivity index (χ0n) is 17.3. The highest BCUT2D eigenvalue weighted by atomic mass is 16.2. The molecule has 0 radical (unpaired) electrons. The quantitative estimate of drug-likeness (QED) is 0.424. The van der Waals surface area contributed by atoms with E-state index in [2.05, 4.69) is 15.6 Å². The monoisotopic (exact) mass is 426 g/mol. The Morgan fingerprint density at radius 2 is 1.62 bits per heavy atom. The van der Waals surface area contributed by atoms with Crippen LogP contribution < -0.4 is 10.6 Å². The Labute approximate surface area is 185 Å². The summed E-state index contributed by atoms with van der Waals surface area (Å²) in [6.07, 6.45) is 4.91. The van der Waals surface area contributed by atoms with Crippen molar-refractivity contribution < 1.29 is 14.4 Å². The normalized spacial score (nSPS) is 11.6. The topological polar surface area (TPSA) is 93.1 Å². The maximum atomic E-state index is 13.0. The van der Waals surface area contributed by atoms with Crippen molar-refractivity contribution >= 4 is 28.4 Å². The first-order valence-electron chi connectivity index (χ1n) is 10.2. The van der Waals surface area contributed by atoms with E-state index < -0.39 is 11.9 Å². The molecule has 0 bridgehead atoms. The van der Waals surface area contributed by atoms with Gasteiger partial charge in [0.15, 0.2) is 5.78 Å². The number of amides is 2. The van der Waals surface area contributed by atoms with Gasteiger partial charge < -0.3 is 15.2 Å². The van der Waals surface area contributed by atoms with Crippen LogP contribution in [0, 0.1) is 0 Å². The second-order valence-corrected chi connectivity index (χ2v) is 7.35. The largest absolute Gasteiger partial charge is 0.343 e. The number of fused-ring (bicyclic) bond motifs is 1. The summed E-state index contributed by atoms with van der Waals surface area (Å²) < 4.78 is 1.72. The third-order valence-electron chi connectivity index (χ3n) is 5.08. The van der Waals surface area contributed by atoms with Gasteiger partial charge in [-0.1, -0.05) is 60.7 Å². The van der Waals surface area contributed by atoms with Gasteiger partial charge >= 0.3 is 0 Å². The Bertz CT molecular complexity index is 1240. The molecule has 32 heavy (non-hydrogen) atoms. The van der Waals surface area contributed by atoms with E-state index >= 15 is 0 Å². The lowest BCUT2D eigenvalue weighted by Gasteiger charge is -2.18. The van der Waals surface area contributed by atoms with Crippen LogP contribution in [0.2, 0.25) is 0 Å². The highest BCUT2D eigenvalue weighted by Crippen LogP contribution is 2.15. The molecular weight excluding hydrogens is 404 g/mol. The molecule has 0 aliphatic rings. The SMILES string of the molecule is O=C(CNC(=O)c1ccc2ccccc2c1)NC(Cn1ccnc1)C(=O)c1ccccc1. The molecule has 160 valence electrons. The molecule has 1 aromatic heterocycles. The summed E-state index contributed by atoms with van der Waals surface area (Å²) in [5, 5.41) is 7.34. The summed E-state index contributed by atoms with van der Waals surface area (Å²) in [5.74, 6) is -1.02. The molecule has 0 spiro atoms. The number of hydrogen-bond donors (Lipinski definition) is 2. The molecular formula is C25H22N4O3. The van der Waals surface area contributed by atoms with Gasteiger partial charge in [0.2, 0.25) is 5.91 Å². The first-order valence-corrected chi connectivity index (χ1v) is 10.2. The van der Waals surface area contributed by atoms with E-state index in [1.165, 1.54) is 0 Å². The lowest BCUT2D eigenvalue weighted by molar-refractivity contribution is -0.120. The van der Waals surface area contributed by atoms with E-state index in [0.717, 1.165) is 10.8 Å². The predicted molar refractivity (Wildman–Crippen MR) is 121 cm³/mol. The van der Waals surface area contributed by atoms with Crippen molar-refractivity contribution in [3.8, 4) is 0 Å². The van der Waals surface area contributed by atoms with Gasteiger partial charge in [0.25, 0.3) is 5.91 Å². The smallest absolute Gasteiger partial charge is 0.251 e. The van der Waals surface area contributed by atoms with E-state index in [1.807, 2.05) is 36.4 Å². The van der Waals surface area contributed by atoms with Crippen LogP contribution in [0.15, 0.2) is 91.5 Å². The van der Waals surface area contributed by atoms with E-state index in [0.29, 0.717) is 11.1 Å².